The van der Waals surface area contributed by atoms with Gasteiger partial charge in [-0.2, -0.15) is 0 Å². The van der Waals surface area contributed by atoms with Crippen molar-refractivity contribution in [1.29, 1.82) is 0 Å². The second-order valence-electron chi connectivity index (χ2n) is 4.19. The van der Waals surface area contributed by atoms with Crippen molar-refractivity contribution in [3.8, 4) is 0 Å². The first-order valence-corrected chi connectivity index (χ1v) is 5.47. The van der Waals surface area contributed by atoms with Crippen LogP contribution in [0.2, 0.25) is 0 Å². The van der Waals surface area contributed by atoms with Crippen LogP contribution in [0.4, 0.5) is 0 Å². The van der Waals surface area contributed by atoms with E-state index in [1.165, 1.54) is 19.3 Å². The van der Waals surface area contributed by atoms with Gasteiger partial charge in [0.1, 0.15) is 0 Å². The Morgan fingerprint density at radius 1 is 1.46 bits per heavy atom. The molecule has 1 N–H and O–H groups in total. The number of aliphatic hydroxyl groups excluding tert-OH is 1. The summed E-state index contributed by atoms with van der Waals surface area (Å²) in [5.41, 5.74) is 0. The lowest BCUT2D eigenvalue weighted by Crippen LogP contribution is -2.24. The van der Waals surface area contributed by atoms with Gasteiger partial charge >= 0.3 is 0 Å². The smallest absolute Gasteiger partial charge is 0.0574 e. The molecule has 2 heteroatoms. The molecule has 0 radical (unpaired) electrons. The molecule has 2 nitrogen and oxygen atoms in total. The molecule has 1 rings (SSSR count). The number of ether oxygens (including phenoxy) is 1. The minimum Gasteiger partial charge on any atom is -0.393 e. The molecule has 0 amide bonds. The van der Waals surface area contributed by atoms with Crippen LogP contribution in [-0.2, 0) is 4.74 Å². The Bertz CT molecular complexity index is 134. The van der Waals surface area contributed by atoms with Crippen molar-refractivity contribution in [2.24, 2.45) is 5.92 Å². The summed E-state index contributed by atoms with van der Waals surface area (Å²) >= 11 is 0. The van der Waals surface area contributed by atoms with E-state index in [9.17, 15) is 5.11 Å². The summed E-state index contributed by atoms with van der Waals surface area (Å²) in [6, 6.07) is 0. The zero-order chi connectivity index (χ0) is 9.68. The second kappa shape index (κ2) is 5.61. The van der Waals surface area contributed by atoms with Crippen LogP contribution in [-0.4, -0.2) is 24.4 Å². The monoisotopic (exact) mass is 186 g/mol. The second-order valence-corrected chi connectivity index (χ2v) is 4.19. The zero-order valence-electron chi connectivity index (χ0n) is 8.83. The molecule has 13 heavy (non-hydrogen) atoms. The van der Waals surface area contributed by atoms with Gasteiger partial charge in [-0.05, 0) is 31.6 Å². The normalized spacial score (nSPS) is 31.6. The van der Waals surface area contributed by atoms with E-state index >= 15 is 0 Å². The molecule has 78 valence electrons. The third-order valence-corrected chi connectivity index (χ3v) is 3.14. The zero-order valence-corrected chi connectivity index (χ0v) is 8.83. The Morgan fingerprint density at radius 2 is 2.23 bits per heavy atom. The van der Waals surface area contributed by atoms with Crippen molar-refractivity contribution >= 4 is 0 Å². The molecule has 0 aromatic carbocycles. The SMILES string of the molecule is CCC(O)CC1CCCC(OC)C1. The number of hydrogen-bond donors (Lipinski definition) is 1. The summed E-state index contributed by atoms with van der Waals surface area (Å²) in [5, 5.41) is 9.53. The van der Waals surface area contributed by atoms with Gasteiger partial charge in [-0.3, -0.25) is 0 Å². The van der Waals surface area contributed by atoms with Gasteiger partial charge in [0.25, 0.3) is 0 Å². The van der Waals surface area contributed by atoms with Crippen molar-refractivity contribution in [3.05, 3.63) is 0 Å². The maximum atomic E-state index is 9.53. The third kappa shape index (κ3) is 3.65. The van der Waals surface area contributed by atoms with Crippen molar-refractivity contribution in [1.82, 2.24) is 0 Å². The van der Waals surface area contributed by atoms with Gasteiger partial charge in [0.05, 0.1) is 12.2 Å². The molecule has 1 aliphatic carbocycles. The van der Waals surface area contributed by atoms with E-state index in [2.05, 4.69) is 0 Å². The van der Waals surface area contributed by atoms with Gasteiger partial charge in [0, 0.05) is 7.11 Å². The minimum atomic E-state index is -0.0967. The minimum absolute atomic E-state index is 0.0967. The van der Waals surface area contributed by atoms with Crippen LogP contribution in [0, 0.1) is 5.92 Å². The maximum absolute atomic E-state index is 9.53. The Balaban J connectivity index is 2.25. The van der Waals surface area contributed by atoms with Gasteiger partial charge in [-0.25, -0.2) is 0 Å². The van der Waals surface area contributed by atoms with E-state index < -0.39 is 0 Å². The predicted molar refractivity (Wildman–Crippen MR) is 53.7 cm³/mol. The number of rotatable bonds is 4. The molecule has 0 saturated heterocycles. The lowest BCUT2D eigenvalue weighted by molar-refractivity contribution is 0.0351. The topological polar surface area (TPSA) is 29.5 Å². The van der Waals surface area contributed by atoms with Crippen LogP contribution in [0.3, 0.4) is 0 Å². The molecule has 0 aliphatic heterocycles. The number of methoxy groups -OCH3 is 1. The Labute approximate surface area is 81.3 Å². The largest absolute Gasteiger partial charge is 0.393 e. The van der Waals surface area contributed by atoms with Crippen LogP contribution in [0.5, 0.6) is 0 Å². The van der Waals surface area contributed by atoms with Gasteiger partial charge in [-0.15, -0.1) is 0 Å². The molecule has 0 heterocycles. The van der Waals surface area contributed by atoms with Crippen LogP contribution in [0.25, 0.3) is 0 Å². The van der Waals surface area contributed by atoms with Gasteiger partial charge < -0.3 is 9.84 Å². The van der Waals surface area contributed by atoms with Gasteiger partial charge in [-0.1, -0.05) is 19.8 Å². The van der Waals surface area contributed by atoms with Crippen molar-refractivity contribution < 1.29 is 9.84 Å². The van der Waals surface area contributed by atoms with E-state index in [4.69, 9.17) is 4.74 Å². The summed E-state index contributed by atoms with van der Waals surface area (Å²) in [4.78, 5) is 0. The molecule has 3 unspecified atom stereocenters. The highest BCUT2D eigenvalue weighted by Crippen LogP contribution is 2.29. The van der Waals surface area contributed by atoms with Gasteiger partial charge in [0.2, 0.25) is 0 Å². The molecule has 1 aliphatic rings. The third-order valence-electron chi connectivity index (χ3n) is 3.14. The predicted octanol–water partition coefficient (Wildman–Crippen LogP) is 2.35. The molecule has 1 saturated carbocycles. The van der Waals surface area contributed by atoms with Gasteiger partial charge in [0.15, 0.2) is 0 Å². The lowest BCUT2D eigenvalue weighted by Gasteiger charge is -2.29. The van der Waals surface area contributed by atoms with Crippen LogP contribution >= 0.6 is 0 Å². The standard InChI is InChI=1S/C11H22O2/c1-3-10(12)7-9-5-4-6-11(8-9)13-2/h9-12H,3-8H2,1-2H3. The Morgan fingerprint density at radius 3 is 2.85 bits per heavy atom. The molecule has 3 atom stereocenters. The van der Waals surface area contributed by atoms with Crippen LogP contribution < -0.4 is 0 Å². The number of hydrogen-bond acceptors (Lipinski definition) is 2. The molecular formula is C11H22O2. The lowest BCUT2D eigenvalue weighted by atomic mass is 9.83. The van der Waals surface area contributed by atoms with E-state index in [1.807, 2.05) is 6.92 Å². The van der Waals surface area contributed by atoms with Crippen molar-refractivity contribution in [2.75, 3.05) is 7.11 Å². The highest BCUT2D eigenvalue weighted by molar-refractivity contribution is 4.75. The first kappa shape index (κ1) is 11.0. The average molecular weight is 186 g/mol. The summed E-state index contributed by atoms with van der Waals surface area (Å²) in [6.07, 6.45) is 7.09. The first-order valence-electron chi connectivity index (χ1n) is 5.47. The summed E-state index contributed by atoms with van der Waals surface area (Å²) in [6.45, 7) is 2.04. The number of aliphatic hydroxyl groups is 1. The Hall–Kier alpha value is -0.0800. The highest BCUT2D eigenvalue weighted by Gasteiger charge is 2.23. The first-order chi connectivity index (χ1) is 6.26. The fourth-order valence-electron chi connectivity index (χ4n) is 2.22. The average Bonchev–Trinajstić information content (AvgIpc) is 2.18. The molecule has 0 aromatic heterocycles. The molecule has 0 spiro atoms. The van der Waals surface area contributed by atoms with Crippen molar-refractivity contribution in [2.45, 2.75) is 57.7 Å². The van der Waals surface area contributed by atoms with Crippen LogP contribution in [0.15, 0.2) is 0 Å². The highest BCUT2D eigenvalue weighted by atomic mass is 16.5. The molecule has 0 aromatic rings. The fourth-order valence-corrected chi connectivity index (χ4v) is 2.22. The van der Waals surface area contributed by atoms with E-state index in [0.29, 0.717) is 12.0 Å². The summed E-state index contributed by atoms with van der Waals surface area (Å²) in [5.74, 6) is 0.689. The molecule has 1 fully saturated rings. The Kier molecular flexibility index (Phi) is 4.74. The van der Waals surface area contributed by atoms with E-state index in [0.717, 1.165) is 19.3 Å². The summed E-state index contributed by atoms with van der Waals surface area (Å²) < 4.78 is 5.35. The van der Waals surface area contributed by atoms with Crippen molar-refractivity contribution in [3.63, 3.8) is 0 Å². The molecule has 0 bridgehead atoms. The fraction of sp³-hybridized carbons (Fsp3) is 1.00. The van der Waals surface area contributed by atoms with E-state index in [1.54, 1.807) is 7.11 Å². The summed E-state index contributed by atoms with van der Waals surface area (Å²) in [7, 11) is 1.79. The molecular weight excluding hydrogens is 164 g/mol. The maximum Gasteiger partial charge on any atom is 0.0574 e. The van der Waals surface area contributed by atoms with E-state index in [-0.39, 0.29) is 6.10 Å². The van der Waals surface area contributed by atoms with Crippen LogP contribution in [0.1, 0.15) is 45.4 Å². The quantitative estimate of drug-likeness (QED) is 0.730.